The van der Waals surface area contributed by atoms with Crippen LogP contribution in [-0.2, 0) is 0 Å². The van der Waals surface area contributed by atoms with Gasteiger partial charge in [-0.15, -0.1) is 0 Å². The molecular weight excluding hydrogens is 344 g/mol. The van der Waals surface area contributed by atoms with E-state index in [1.807, 2.05) is 0 Å². The predicted octanol–water partition coefficient (Wildman–Crippen LogP) is 2.54. The van der Waals surface area contributed by atoms with Gasteiger partial charge in [0, 0.05) is 11.6 Å². The Kier molecular flexibility index (Phi) is 4.41. The first-order chi connectivity index (χ1) is 12.4. The molecule has 138 valence electrons. The van der Waals surface area contributed by atoms with Crippen LogP contribution in [-0.4, -0.2) is 42.4 Å². The molecule has 0 saturated carbocycles. The number of hydrogen-bond donors (Lipinski definition) is 3. The van der Waals surface area contributed by atoms with Crippen LogP contribution in [0.15, 0.2) is 18.2 Å². The van der Waals surface area contributed by atoms with Crippen LogP contribution in [0.5, 0.6) is 40.2 Å². The minimum Gasteiger partial charge on any atom is -0.504 e. The third kappa shape index (κ3) is 2.69. The van der Waals surface area contributed by atoms with E-state index in [-0.39, 0.29) is 52.3 Å². The minimum atomic E-state index is -0.743. The molecule has 1 aliphatic rings. The lowest BCUT2D eigenvalue weighted by Gasteiger charge is -2.27. The summed E-state index contributed by atoms with van der Waals surface area (Å²) in [5, 5.41) is 30.2. The third-order valence-electron chi connectivity index (χ3n) is 4.18. The Hall–Kier alpha value is -3.29. The number of rotatable bonds is 4. The van der Waals surface area contributed by atoms with Gasteiger partial charge in [-0.3, -0.25) is 4.79 Å². The fraction of sp³-hybridized carbons (Fsp3) is 0.278. The van der Waals surface area contributed by atoms with E-state index in [4.69, 9.17) is 18.9 Å². The van der Waals surface area contributed by atoms with Crippen LogP contribution in [0.2, 0.25) is 0 Å². The summed E-state index contributed by atoms with van der Waals surface area (Å²) in [7, 11) is 4.09. The van der Waals surface area contributed by atoms with Crippen molar-refractivity contribution in [2.45, 2.75) is 12.5 Å². The Bertz CT molecular complexity index is 874. The molecule has 0 spiro atoms. The number of benzene rings is 2. The van der Waals surface area contributed by atoms with Crippen LogP contribution in [0.3, 0.4) is 0 Å². The number of Topliss-reactive ketones (excluding diaryl/α,β-unsaturated/α-hetero) is 1. The number of ketones is 1. The van der Waals surface area contributed by atoms with Crippen LogP contribution in [0.4, 0.5) is 0 Å². The van der Waals surface area contributed by atoms with E-state index in [9.17, 15) is 20.1 Å². The Labute approximate surface area is 149 Å². The summed E-state index contributed by atoms with van der Waals surface area (Å²) in [5.41, 5.74) is 0.426. The highest BCUT2D eigenvalue weighted by Crippen LogP contribution is 2.49. The van der Waals surface area contributed by atoms with Crippen molar-refractivity contribution >= 4 is 5.78 Å². The molecule has 26 heavy (non-hydrogen) atoms. The molecule has 1 heterocycles. The average molecular weight is 362 g/mol. The van der Waals surface area contributed by atoms with Crippen molar-refractivity contribution in [3.8, 4) is 40.2 Å². The second kappa shape index (κ2) is 6.55. The largest absolute Gasteiger partial charge is 0.504 e. The number of fused-ring (bicyclic) bond motifs is 1. The van der Waals surface area contributed by atoms with Crippen LogP contribution in [0.25, 0.3) is 0 Å². The van der Waals surface area contributed by atoms with E-state index in [0.717, 1.165) is 0 Å². The molecule has 8 heteroatoms. The van der Waals surface area contributed by atoms with Gasteiger partial charge in [-0.25, -0.2) is 0 Å². The zero-order valence-corrected chi connectivity index (χ0v) is 14.4. The molecule has 1 unspecified atom stereocenters. The van der Waals surface area contributed by atoms with Crippen molar-refractivity contribution in [1.29, 1.82) is 0 Å². The summed E-state index contributed by atoms with van der Waals surface area (Å²) in [4.78, 5) is 12.5. The number of methoxy groups -OCH3 is 3. The molecule has 0 bridgehead atoms. The van der Waals surface area contributed by atoms with Crippen molar-refractivity contribution < 1.29 is 39.1 Å². The van der Waals surface area contributed by atoms with Crippen molar-refractivity contribution in [2.24, 2.45) is 0 Å². The average Bonchev–Trinajstić information content (AvgIpc) is 2.60. The maximum absolute atomic E-state index is 12.5. The summed E-state index contributed by atoms with van der Waals surface area (Å²) in [5.74, 6) is -1.10. The monoisotopic (exact) mass is 362 g/mol. The van der Waals surface area contributed by atoms with Crippen molar-refractivity contribution in [1.82, 2.24) is 0 Å². The standard InChI is InChI=1S/C18H18O8/c1-23-14-5-8(4-10(20)17(14)24-2)12-6-9(19)15-13(26-12)7-11(21)18(25-3)16(15)22/h4-5,7,12,20-22H,6H2,1-3H3. The van der Waals surface area contributed by atoms with Gasteiger partial charge in [0.1, 0.15) is 17.4 Å². The maximum atomic E-state index is 12.5. The second-order valence-electron chi connectivity index (χ2n) is 5.66. The molecule has 2 aromatic carbocycles. The smallest absolute Gasteiger partial charge is 0.203 e. The van der Waals surface area contributed by atoms with Gasteiger partial charge < -0.3 is 34.3 Å². The quantitative estimate of drug-likeness (QED) is 0.760. The lowest BCUT2D eigenvalue weighted by Crippen LogP contribution is -2.20. The zero-order valence-electron chi connectivity index (χ0n) is 14.4. The van der Waals surface area contributed by atoms with Gasteiger partial charge in [0.15, 0.2) is 28.8 Å². The van der Waals surface area contributed by atoms with Crippen molar-refractivity contribution in [2.75, 3.05) is 21.3 Å². The van der Waals surface area contributed by atoms with Gasteiger partial charge in [-0.1, -0.05) is 0 Å². The number of carbonyl (C=O) groups is 1. The Morgan fingerprint density at radius 3 is 2.23 bits per heavy atom. The molecule has 1 atom stereocenters. The number of ether oxygens (including phenoxy) is 4. The van der Waals surface area contributed by atoms with E-state index < -0.39 is 11.9 Å². The third-order valence-corrected chi connectivity index (χ3v) is 4.18. The molecule has 3 rings (SSSR count). The molecule has 0 aliphatic carbocycles. The molecule has 0 radical (unpaired) electrons. The number of aromatic hydroxyl groups is 3. The number of hydrogen-bond acceptors (Lipinski definition) is 8. The lowest BCUT2D eigenvalue weighted by atomic mass is 9.94. The van der Waals surface area contributed by atoms with E-state index in [0.29, 0.717) is 5.56 Å². The van der Waals surface area contributed by atoms with Gasteiger partial charge in [-0.2, -0.15) is 0 Å². The SMILES string of the molecule is COc1cc(C2CC(=O)c3c(cc(O)c(OC)c3O)O2)cc(O)c1OC. The summed E-state index contributed by atoms with van der Waals surface area (Å²) >= 11 is 0. The Morgan fingerprint density at radius 1 is 0.962 bits per heavy atom. The summed E-state index contributed by atoms with van der Waals surface area (Å²) in [6, 6.07) is 4.21. The van der Waals surface area contributed by atoms with Gasteiger partial charge >= 0.3 is 0 Å². The zero-order chi connectivity index (χ0) is 19.0. The van der Waals surface area contributed by atoms with Gasteiger partial charge in [0.05, 0.1) is 27.8 Å². The molecule has 0 aromatic heterocycles. The summed E-state index contributed by atoms with van der Waals surface area (Å²) in [6.45, 7) is 0. The topological polar surface area (TPSA) is 115 Å². The van der Waals surface area contributed by atoms with E-state index in [1.54, 1.807) is 6.07 Å². The highest BCUT2D eigenvalue weighted by molar-refractivity contribution is 6.03. The van der Waals surface area contributed by atoms with E-state index in [1.165, 1.54) is 33.5 Å². The van der Waals surface area contributed by atoms with Gasteiger partial charge in [0.2, 0.25) is 11.5 Å². The molecule has 1 aliphatic heterocycles. The fourth-order valence-corrected chi connectivity index (χ4v) is 2.98. The van der Waals surface area contributed by atoms with Crippen LogP contribution in [0, 0.1) is 0 Å². The van der Waals surface area contributed by atoms with Crippen molar-refractivity contribution in [3.63, 3.8) is 0 Å². The molecule has 8 nitrogen and oxygen atoms in total. The van der Waals surface area contributed by atoms with Crippen LogP contribution in [0.1, 0.15) is 28.4 Å². The van der Waals surface area contributed by atoms with Gasteiger partial charge in [-0.05, 0) is 12.1 Å². The van der Waals surface area contributed by atoms with Crippen LogP contribution >= 0.6 is 0 Å². The van der Waals surface area contributed by atoms with Crippen molar-refractivity contribution in [3.05, 3.63) is 29.3 Å². The molecular formula is C18H18O8. The Balaban J connectivity index is 2.05. The van der Waals surface area contributed by atoms with Crippen LogP contribution < -0.4 is 18.9 Å². The predicted molar refractivity (Wildman–Crippen MR) is 89.9 cm³/mol. The Morgan fingerprint density at radius 2 is 1.62 bits per heavy atom. The molecule has 0 fully saturated rings. The number of phenolic OH excluding ortho intramolecular Hbond substituents is 3. The highest BCUT2D eigenvalue weighted by Gasteiger charge is 2.34. The normalized spacial score (nSPS) is 15.8. The van der Waals surface area contributed by atoms with E-state index in [2.05, 4.69) is 0 Å². The lowest BCUT2D eigenvalue weighted by molar-refractivity contribution is 0.0842. The number of carbonyl (C=O) groups excluding carboxylic acids is 1. The fourth-order valence-electron chi connectivity index (χ4n) is 2.98. The first kappa shape index (κ1) is 17.5. The molecule has 0 amide bonds. The van der Waals surface area contributed by atoms with E-state index >= 15 is 0 Å². The molecule has 3 N–H and O–H groups in total. The van der Waals surface area contributed by atoms with Gasteiger partial charge in [0.25, 0.3) is 0 Å². The summed E-state index contributed by atoms with van der Waals surface area (Å²) in [6.07, 6.45) is -0.823. The first-order valence-corrected chi connectivity index (χ1v) is 7.68. The first-order valence-electron chi connectivity index (χ1n) is 7.68. The maximum Gasteiger partial charge on any atom is 0.203 e. The second-order valence-corrected chi connectivity index (χ2v) is 5.66. The summed E-state index contributed by atoms with van der Waals surface area (Å²) < 4.78 is 20.9. The minimum absolute atomic E-state index is 0.0244. The number of phenols is 3. The highest BCUT2D eigenvalue weighted by atomic mass is 16.5. The molecule has 0 saturated heterocycles. The molecule has 2 aromatic rings.